The van der Waals surface area contributed by atoms with Gasteiger partial charge < -0.3 is 14.8 Å². The number of hydrogen-bond donors (Lipinski definition) is 1. The van der Waals surface area contributed by atoms with Crippen LogP contribution in [0.2, 0.25) is 0 Å². The lowest BCUT2D eigenvalue weighted by molar-refractivity contribution is -0.117. The Kier molecular flexibility index (Phi) is 13.8. The minimum Gasteiger partial charge on any atom is -0.493 e. The van der Waals surface area contributed by atoms with Gasteiger partial charge in [-0.15, -0.1) is 0 Å². The van der Waals surface area contributed by atoms with Crippen LogP contribution in [-0.2, 0) is 4.79 Å². The molecule has 1 aliphatic carbocycles. The summed E-state index contributed by atoms with van der Waals surface area (Å²) in [6.07, 6.45) is 15.6. The number of unbranched alkanes of at least 4 members (excludes halogenated alkanes) is 4. The van der Waals surface area contributed by atoms with E-state index in [1.54, 1.807) is 13.2 Å². The van der Waals surface area contributed by atoms with Crippen molar-refractivity contribution in [2.75, 3.05) is 33.4 Å². The van der Waals surface area contributed by atoms with E-state index in [0.717, 1.165) is 49.7 Å². The maximum atomic E-state index is 12.3. The summed E-state index contributed by atoms with van der Waals surface area (Å²) in [5.74, 6) is 2.21. The Bertz CT molecular complexity index is 716. The highest BCUT2D eigenvalue weighted by Gasteiger charge is 2.18. The number of nitrogens with one attached hydrogen (secondary N) is 1. The van der Waals surface area contributed by atoms with E-state index in [9.17, 15) is 4.79 Å². The summed E-state index contributed by atoms with van der Waals surface area (Å²) in [6, 6.07) is 6.16. The van der Waals surface area contributed by atoms with Gasteiger partial charge in [-0.05, 0) is 81.3 Å². The molecule has 0 bridgehead atoms. The molecule has 192 valence electrons. The molecule has 1 aliphatic rings. The molecular formula is C29H48N2O3. The molecule has 0 unspecified atom stereocenters. The molecule has 1 saturated carbocycles. The third kappa shape index (κ3) is 10.9. The highest BCUT2D eigenvalue weighted by atomic mass is 16.5. The lowest BCUT2D eigenvalue weighted by atomic mass is 9.87. The number of carbonyl (C=O) groups excluding carboxylic acids is 1. The molecule has 1 aromatic carbocycles. The fourth-order valence-electron chi connectivity index (χ4n) is 4.52. The summed E-state index contributed by atoms with van der Waals surface area (Å²) in [7, 11) is 1.66. The average Bonchev–Trinajstić information content (AvgIpc) is 2.84. The van der Waals surface area contributed by atoms with Crippen LogP contribution in [0.3, 0.4) is 0 Å². The zero-order valence-electron chi connectivity index (χ0n) is 22.1. The largest absolute Gasteiger partial charge is 0.493 e. The molecule has 0 heterocycles. The van der Waals surface area contributed by atoms with Crippen LogP contribution in [-0.4, -0.2) is 50.2 Å². The Morgan fingerprint density at radius 1 is 1.00 bits per heavy atom. The Hall–Kier alpha value is -2.01. The second-order valence-corrected chi connectivity index (χ2v) is 9.81. The second kappa shape index (κ2) is 16.6. The summed E-state index contributed by atoms with van der Waals surface area (Å²) in [6.45, 7) is 10.6. The molecule has 1 fully saturated rings. The second-order valence-electron chi connectivity index (χ2n) is 9.81. The van der Waals surface area contributed by atoms with Crippen molar-refractivity contribution in [3.63, 3.8) is 0 Å². The van der Waals surface area contributed by atoms with Crippen LogP contribution in [0.4, 0.5) is 0 Å². The quantitative estimate of drug-likeness (QED) is 0.221. The molecular weight excluding hydrogens is 424 g/mol. The van der Waals surface area contributed by atoms with Crippen LogP contribution in [0.25, 0.3) is 6.08 Å². The number of amides is 1. The van der Waals surface area contributed by atoms with E-state index < -0.39 is 0 Å². The first kappa shape index (κ1) is 28.2. The van der Waals surface area contributed by atoms with Crippen molar-refractivity contribution in [1.82, 2.24) is 10.2 Å². The molecule has 5 heteroatoms. The van der Waals surface area contributed by atoms with Gasteiger partial charge in [0.2, 0.25) is 5.91 Å². The molecule has 2 rings (SSSR count). The van der Waals surface area contributed by atoms with Crippen molar-refractivity contribution in [3.8, 4) is 11.5 Å². The molecule has 0 atom stereocenters. The first-order valence-corrected chi connectivity index (χ1v) is 13.6. The number of benzene rings is 1. The number of hydrogen-bond acceptors (Lipinski definition) is 4. The van der Waals surface area contributed by atoms with Crippen LogP contribution >= 0.6 is 0 Å². The third-order valence-electron chi connectivity index (χ3n) is 6.80. The maximum absolute atomic E-state index is 12.3. The van der Waals surface area contributed by atoms with Crippen LogP contribution in [0, 0.1) is 5.92 Å². The summed E-state index contributed by atoms with van der Waals surface area (Å²) in [5, 5.41) is 3.14. The van der Waals surface area contributed by atoms with E-state index in [0.29, 0.717) is 18.4 Å². The van der Waals surface area contributed by atoms with Crippen molar-refractivity contribution in [2.24, 2.45) is 5.92 Å². The highest BCUT2D eigenvalue weighted by molar-refractivity contribution is 5.92. The van der Waals surface area contributed by atoms with E-state index in [1.165, 1.54) is 51.4 Å². The first-order valence-electron chi connectivity index (χ1n) is 13.6. The number of rotatable bonds is 16. The molecule has 1 aromatic rings. The highest BCUT2D eigenvalue weighted by Crippen LogP contribution is 2.28. The Morgan fingerprint density at radius 3 is 2.29 bits per heavy atom. The molecule has 0 radical (unpaired) electrons. The van der Waals surface area contributed by atoms with Crippen LogP contribution < -0.4 is 14.8 Å². The van der Waals surface area contributed by atoms with Crippen molar-refractivity contribution in [1.29, 1.82) is 0 Å². The number of carbonyl (C=O) groups is 1. The topological polar surface area (TPSA) is 50.8 Å². The molecule has 0 spiro atoms. The minimum atomic E-state index is -0.0231. The lowest BCUT2D eigenvalue weighted by Gasteiger charge is -2.26. The zero-order chi connectivity index (χ0) is 24.6. The summed E-state index contributed by atoms with van der Waals surface area (Å²) in [5.41, 5.74) is 0.928. The van der Waals surface area contributed by atoms with Crippen molar-refractivity contribution < 1.29 is 14.3 Å². The number of ether oxygens (including phenoxy) is 2. The predicted molar refractivity (Wildman–Crippen MR) is 143 cm³/mol. The summed E-state index contributed by atoms with van der Waals surface area (Å²) >= 11 is 0. The third-order valence-corrected chi connectivity index (χ3v) is 6.80. The summed E-state index contributed by atoms with van der Waals surface area (Å²) < 4.78 is 11.7. The van der Waals surface area contributed by atoms with E-state index in [2.05, 4.69) is 31.0 Å². The first-order chi connectivity index (χ1) is 16.5. The smallest absolute Gasteiger partial charge is 0.244 e. The zero-order valence-corrected chi connectivity index (χ0v) is 22.1. The minimum absolute atomic E-state index is 0.0231. The van der Waals surface area contributed by atoms with Gasteiger partial charge in [0.1, 0.15) is 6.61 Å². The molecule has 1 N–H and O–H groups in total. The van der Waals surface area contributed by atoms with E-state index >= 15 is 0 Å². The van der Waals surface area contributed by atoms with Gasteiger partial charge in [0.05, 0.1) is 7.11 Å². The predicted octanol–water partition coefficient (Wildman–Crippen LogP) is 6.46. The normalized spacial score (nSPS) is 18.4. The van der Waals surface area contributed by atoms with Crippen LogP contribution in [0.1, 0.15) is 90.5 Å². The molecule has 0 saturated heterocycles. The average molecular weight is 473 g/mol. The monoisotopic (exact) mass is 472 g/mol. The Labute approximate surface area is 208 Å². The van der Waals surface area contributed by atoms with Gasteiger partial charge in [-0.1, -0.05) is 52.5 Å². The fourth-order valence-corrected chi connectivity index (χ4v) is 4.52. The van der Waals surface area contributed by atoms with Crippen molar-refractivity contribution >= 4 is 12.0 Å². The van der Waals surface area contributed by atoms with Gasteiger partial charge in [0.15, 0.2) is 11.5 Å². The van der Waals surface area contributed by atoms with Crippen LogP contribution in [0.15, 0.2) is 24.3 Å². The SMILES string of the molecule is CCCCCN(CCCCC)CCOc1ccc(C=CC(=O)N[C@H]2CC[C@H](C)CC2)cc1OC. The molecule has 34 heavy (non-hydrogen) atoms. The Morgan fingerprint density at radius 2 is 1.68 bits per heavy atom. The van der Waals surface area contributed by atoms with Crippen LogP contribution in [0.5, 0.6) is 11.5 Å². The van der Waals surface area contributed by atoms with Gasteiger partial charge >= 0.3 is 0 Å². The van der Waals surface area contributed by atoms with E-state index in [-0.39, 0.29) is 5.91 Å². The Balaban J connectivity index is 1.84. The molecule has 5 nitrogen and oxygen atoms in total. The van der Waals surface area contributed by atoms with Crippen molar-refractivity contribution in [3.05, 3.63) is 29.8 Å². The van der Waals surface area contributed by atoms with Crippen molar-refractivity contribution in [2.45, 2.75) is 91.0 Å². The number of nitrogens with zero attached hydrogens (tertiary/aromatic N) is 1. The fraction of sp³-hybridized carbons (Fsp3) is 0.690. The number of methoxy groups -OCH3 is 1. The van der Waals surface area contributed by atoms with Gasteiger partial charge in [0, 0.05) is 18.7 Å². The van der Waals surface area contributed by atoms with Gasteiger partial charge in [-0.25, -0.2) is 0 Å². The van der Waals surface area contributed by atoms with Gasteiger partial charge in [-0.2, -0.15) is 0 Å². The van der Waals surface area contributed by atoms with Gasteiger partial charge in [0.25, 0.3) is 0 Å². The van der Waals surface area contributed by atoms with E-state index in [4.69, 9.17) is 9.47 Å². The summed E-state index contributed by atoms with van der Waals surface area (Å²) in [4.78, 5) is 14.9. The lowest BCUT2D eigenvalue weighted by Crippen LogP contribution is -2.36. The molecule has 0 aliphatic heterocycles. The van der Waals surface area contributed by atoms with E-state index in [1.807, 2.05) is 24.3 Å². The maximum Gasteiger partial charge on any atom is 0.244 e. The van der Waals surface area contributed by atoms with Gasteiger partial charge in [-0.3, -0.25) is 9.69 Å². The molecule has 0 aromatic heterocycles. The molecule has 1 amide bonds. The standard InChI is InChI=1S/C29H48N2O3/c1-5-7-9-19-31(20-10-8-6-2)21-22-34-27-17-13-25(23-28(27)33-4)14-18-29(32)30-26-15-11-24(3)12-16-26/h13-14,17-18,23-24,26H,5-12,15-16,19-22H2,1-4H3,(H,30,32)/t24-,26-.